The van der Waals surface area contributed by atoms with Gasteiger partial charge < -0.3 is 14.6 Å². The summed E-state index contributed by atoms with van der Waals surface area (Å²) in [6.45, 7) is 1.61. The number of carbonyl (C=O) groups is 1. The lowest BCUT2D eigenvalue weighted by Crippen LogP contribution is -2.23. The van der Waals surface area contributed by atoms with Crippen LogP contribution < -0.4 is 9.84 Å². The molecule has 0 spiro atoms. The van der Waals surface area contributed by atoms with E-state index in [1.54, 1.807) is 6.92 Å². The number of carboxylic acids is 1. The molecule has 0 heterocycles. The van der Waals surface area contributed by atoms with Crippen LogP contribution in [-0.4, -0.2) is 18.1 Å². The fourth-order valence-electron chi connectivity index (χ4n) is 1.17. The molecule has 0 saturated heterocycles. The second-order valence-electron chi connectivity index (χ2n) is 2.90. The van der Waals surface area contributed by atoms with Crippen molar-refractivity contribution >= 4 is 17.7 Å². The second-order valence-corrected chi connectivity index (χ2v) is 4.01. The summed E-state index contributed by atoms with van der Waals surface area (Å²) in [7, 11) is 0. The average Bonchev–Trinajstić information content (AvgIpc) is 2.18. The van der Waals surface area contributed by atoms with Crippen LogP contribution in [0.1, 0.15) is 17.3 Å². The predicted molar refractivity (Wildman–Crippen MR) is 53.9 cm³/mol. The smallest absolute Gasteiger partial charge is 0.446 e. The van der Waals surface area contributed by atoms with Crippen LogP contribution in [0.5, 0.6) is 5.75 Å². The van der Waals surface area contributed by atoms with Crippen LogP contribution in [0, 0.1) is 0 Å². The molecule has 0 N–H and O–H groups in total. The van der Waals surface area contributed by atoms with Crippen LogP contribution in [0.4, 0.5) is 13.2 Å². The molecule has 7 heteroatoms. The van der Waals surface area contributed by atoms with E-state index >= 15 is 0 Å². The number of rotatable bonds is 4. The van der Waals surface area contributed by atoms with E-state index in [4.69, 9.17) is 4.74 Å². The average molecular weight is 265 g/mol. The Bertz CT molecular complexity index is 418. The number of para-hydroxylation sites is 1. The van der Waals surface area contributed by atoms with Gasteiger partial charge in [0.1, 0.15) is 5.75 Å². The van der Waals surface area contributed by atoms with Crippen molar-refractivity contribution < 1.29 is 27.8 Å². The molecule has 0 saturated carbocycles. The highest BCUT2D eigenvalue weighted by Gasteiger charge is 2.31. The minimum atomic E-state index is -4.50. The van der Waals surface area contributed by atoms with Gasteiger partial charge in [0.2, 0.25) is 0 Å². The number of hydrogen-bond acceptors (Lipinski definition) is 4. The van der Waals surface area contributed by atoms with Crippen molar-refractivity contribution in [1.29, 1.82) is 0 Å². The number of carbonyl (C=O) groups excluding carboxylic acids is 1. The number of ether oxygens (including phenoxy) is 1. The molecule has 0 fully saturated rings. The maximum absolute atomic E-state index is 12.2. The van der Waals surface area contributed by atoms with Gasteiger partial charge in [-0.3, -0.25) is 0 Å². The standard InChI is InChI=1S/C10H9F3O3S/c1-2-16-8-6(9(14)15)4-3-5-7(8)17-10(11,12)13/h3-5H,2H2,1H3,(H,14,15)/p-1. The number of halogens is 3. The molecular formula is C10H8F3O3S-. The third-order valence-electron chi connectivity index (χ3n) is 1.71. The van der Waals surface area contributed by atoms with Gasteiger partial charge in [-0.05, 0) is 30.8 Å². The summed E-state index contributed by atoms with van der Waals surface area (Å²) >= 11 is -0.417. The lowest BCUT2D eigenvalue weighted by Gasteiger charge is -2.15. The quantitative estimate of drug-likeness (QED) is 0.782. The summed E-state index contributed by atoms with van der Waals surface area (Å²) in [6, 6.07) is 3.50. The van der Waals surface area contributed by atoms with Crippen LogP contribution in [0.25, 0.3) is 0 Å². The number of benzene rings is 1. The molecule has 0 aliphatic carbocycles. The monoisotopic (exact) mass is 265 g/mol. The normalized spacial score (nSPS) is 11.3. The molecule has 1 aromatic carbocycles. The van der Waals surface area contributed by atoms with E-state index in [9.17, 15) is 23.1 Å². The van der Waals surface area contributed by atoms with Gasteiger partial charge in [0.25, 0.3) is 0 Å². The van der Waals surface area contributed by atoms with Crippen LogP contribution in [0.15, 0.2) is 23.1 Å². The first-order chi connectivity index (χ1) is 7.85. The molecule has 0 amide bonds. The predicted octanol–water partition coefficient (Wildman–Crippen LogP) is 2.06. The molecule has 17 heavy (non-hydrogen) atoms. The molecule has 0 bridgehead atoms. The van der Waals surface area contributed by atoms with Crippen molar-refractivity contribution in [2.24, 2.45) is 0 Å². The highest BCUT2D eigenvalue weighted by atomic mass is 32.2. The maximum Gasteiger partial charge on any atom is 0.446 e. The Hall–Kier alpha value is -1.37. The first-order valence-electron chi connectivity index (χ1n) is 4.58. The van der Waals surface area contributed by atoms with Crippen LogP contribution in [-0.2, 0) is 0 Å². The minimum Gasteiger partial charge on any atom is -0.545 e. The summed E-state index contributed by atoms with van der Waals surface area (Å²) < 4.78 is 41.7. The first-order valence-corrected chi connectivity index (χ1v) is 5.39. The molecule has 0 radical (unpaired) electrons. The molecule has 0 unspecified atom stereocenters. The summed E-state index contributed by atoms with van der Waals surface area (Å²) in [5.41, 5.74) is -4.89. The van der Waals surface area contributed by atoms with Crippen molar-refractivity contribution in [1.82, 2.24) is 0 Å². The summed E-state index contributed by atoms with van der Waals surface area (Å²) in [4.78, 5) is 10.4. The van der Waals surface area contributed by atoms with E-state index in [1.807, 2.05) is 0 Å². The third kappa shape index (κ3) is 3.85. The van der Waals surface area contributed by atoms with E-state index in [-0.39, 0.29) is 22.8 Å². The number of hydrogen-bond donors (Lipinski definition) is 0. The highest BCUT2D eigenvalue weighted by molar-refractivity contribution is 8.00. The molecular weight excluding hydrogens is 257 g/mol. The first kappa shape index (κ1) is 13.7. The van der Waals surface area contributed by atoms with E-state index in [2.05, 4.69) is 0 Å². The Kier molecular flexibility index (Phi) is 4.28. The molecule has 94 valence electrons. The Morgan fingerprint density at radius 1 is 1.47 bits per heavy atom. The molecule has 1 rings (SSSR count). The van der Waals surface area contributed by atoms with Crippen molar-refractivity contribution in [2.75, 3.05) is 6.61 Å². The van der Waals surface area contributed by atoms with Crippen LogP contribution in [0.3, 0.4) is 0 Å². The van der Waals surface area contributed by atoms with Gasteiger partial charge in [-0.1, -0.05) is 6.07 Å². The fourth-order valence-corrected chi connectivity index (χ4v) is 1.83. The zero-order chi connectivity index (χ0) is 13.1. The molecule has 3 nitrogen and oxygen atoms in total. The SMILES string of the molecule is CCOc1c(SC(F)(F)F)cccc1C(=O)[O-]. The molecule has 0 aliphatic rings. The number of alkyl halides is 3. The summed E-state index contributed by atoms with van der Waals surface area (Å²) in [5.74, 6) is -1.88. The third-order valence-corrected chi connectivity index (χ3v) is 2.49. The van der Waals surface area contributed by atoms with Gasteiger partial charge in [0, 0.05) is 5.56 Å². The van der Waals surface area contributed by atoms with Crippen molar-refractivity contribution in [3.8, 4) is 5.75 Å². The van der Waals surface area contributed by atoms with E-state index in [1.165, 1.54) is 6.07 Å². The Labute approximate surface area is 99.6 Å². The molecule has 0 aliphatic heterocycles. The van der Waals surface area contributed by atoms with Crippen LogP contribution in [0.2, 0.25) is 0 Å². The van der Waals surface area contributed by atoms with E-state index in [0.29, 0.717) is 0 Å². The van der Waals surface area contributed by atoms with Crippen molar-refractivity contribution in [3.05, 3.63) is 23.8 Å². The van der Waals surface area contributed by atoms with Gasteiger partial charge in [0.05, 0.1) is 17.5 Å². The van der Waals surface area contributed by atoms with Crippen LogP contribution >= 0.6 is 11.8 Å². The Morgan fingerprint density at radius 2 is 2.12 bits per heavy atom. The Balaban J connectivity index is 3.20. The van der Waals surface area contributed by atoms with Gasteiger partial charge in [-0.25, -0.2) is 0 Å². The topological polar surface area (TPSA) is 49.4 Å². The van der Waals surface area contributed by atoms with Gasteiger partial charge >= 0.3 is 5.51 Å². The van der Waals surface area contributed by atoms with Crippen molar-refractivity contribution in [2.45, 2.75) is 17.3 Å². The fraction of sp³-hybridized carbons (Fsp3) is 0.300. The zero-order valence-corrected chi connectivity index (χ0v) is 9.52. The van der Waals surface area contributed by atoms with Gasteiger partial charge in [-0.15, -0.1) is 0 Å². The molecule has 1 aromatic rings. The van der Waals surface area contributed by atoms with Gasteiger partial charge in [0.15, 0.2) is 0 Å². The zero-order valence-electron chi connectivity index (χ0n) is 8.71. The summed E-state index contributed by atoms with van der Waals surface area (Å²) in [6.07, 6.45) is 0. The minimum absolute atomic E-state index is 0.0652. The highest BCUT2D eigenvalue weighted by Crippen LogP contribution is 2.42. The Morgan fingerprint density at radius 3 is 2.59 bits per heavy atom. The number of carboxylic acid groups (broad SMARTS) is 1. The van der Waals surface area contributed by atoms with E-state index in [0.717, 1.165) is 12.1 Å². The molecule has 0 aromatic heterocycles. The summed E-state index contributed by atoms with van der Waals surface area (Å²) in [5, 5.41) is 10.7. The second kappa shape index (κ2) is 5.31. The number of thioether (sulfide) groups is 1. The lowest BCUT2D eigenvalue weighted by atomic mass is 10.2. The van der Waals surface area contributed by atoms with Crippen molar-refractivity contribution in [3.63, 3.8) is 0 Å². The largest absolute Gasteiger partial charge is 0.545 e. The number of aromatic carboxylic acids is 1. The van der Waals surface area contributed by atoms with E-state index < -0.39 is 23.2 Å². The lowest BCUT2D eigenvalue weighted by molar-refractivity contribution is -0.255. The molecule has 0 atom stereocenters. The van der Waals surface area contributed by atoms with Gasteiger partial charge in [-0.2, -0.15) is 13.2 Å². The maximum atomic E-state index is 12.2.